The molecule has 0 saturated heterocycles. The van der Waals surface area contributed by atoms with Gasteiger partial charge in [-0.05, 0) is 31.2 Å². The van der Waals surface area contributed by atoms with Gasteiger partial charge in [0.25, 0.3) is 21.7 Å². The lowest BCUT2D eigenvalue weighted by atomic mass is 9.76. The van der Waals surface area contributed by atoms with Crippen LogP contribution >= 0.6 is 0 Å². The van der Waals surface area contributed by atoms with E-state index in [0.717, 1.165) is 5.56 Å². The summed E-state index contributed by atoms with van der Waals surface area (Å²) in [4.78, 5) is -0.00185. The fourth-order valence-electron chi connectivity index (χ4n) is 4.47. The molecule has 0 N–H and O–H groups in total. The Hall–Kier alpha value is -3.24. The molecule has 0 saturated carbocycles. The molecule has 35 heavy (non-hydrogen) atoms. The molecule has 0 aromatic heterocycles. The van der Waals surface area contributed by atoms with Crippen molar-refractivity contribution in [3.63, 3.8) is 0 Å². The van der Waals surface area contributed by atoms with Crippen LogP contribution < -0.4 is 4.74 Å². The number of para-hydroxylation sites is 2. The zero-order chi connectivity index (χ0) is 25.3. The summed E-state index contributed by atoms with van der Waals surface area (Å²) in [6, 6.07) is 20.8. The molecule has 0 radical (unpaired) electrons. The van der Waals surface area contributed by atoms with Crippen LogP contribution in [-0.2, 0) is 34.6 Å². The minimum atomic E-state index is -4.20. The third-order valence-corrected chi connectivity index (χ3v) is 7.37. The van der Waals surface area contributed by atoms with E-state index in [-0.39, 0.29) is 10.8 Å². The first-order valence-corrected chi connectivity index (χ1v) is 12.2. The summed E-state index contributed by atoms with van der Waals surface area (Å²) in [6.45, 7) is 1.86. The van der Waals surface area contributed by atoms with Crippen molar-refractivity contribution >= 4 is 15.9 Å². The first kappa shape index (κ1) is 24.9. The highest BCUT2D eigenvalue weighted by Crippen LogP contribution is 2.55. The van der Waals surface area contributed by atoms with Crippen LogP contribution in [-0.4, -0.2) is 48.5 Å². The van der Waals surface area contributed by atoms with Gasteiger partial charge < -0.3 is 23.7 Å². The van der Waals surface area contributed by atoms with Crippen molar-refractivity contribution in [2.75, 3.05) is 28.4 Å². The first-order valence-electron chi connectivity index (χ1n) is 10.8. The largest absolute Gasteiger partial charge is 0.480 e. The molecule has 0 atom stereocenters. The Morgan fingerprint density at radius 3 is 1.80 bits per heavy atom. The maximum Gasteiger partial charge on any atom is 0.286 e. The van der Waals surface area contributed by atoms with E-state index in [1.807, 2.05) is 31.2 Å². The summed E-state index contributed by atoms with van der Waals surface area (Å²) >= 11 is 0. The molecule has 0 amide bonds. The van der Waals surface area contributed by atoms with Gasteiger partial charge >= 0.3 is 0 Å². The molecule has 0 spiro atoms. The molecular formula is C26H27NO7S. The van der Waals surface area contributed by atoms with Crippen molar-refractivity contribution < 1.29 is 32.1 Å². The second kappa shape index (κ2) is 9.43. The lowest BCUT2D eigenvalue weighted by Crippen LogP contribution is -2.62. The van der Waals surface area contributed by atoms with E-state index in [9.17, 15) is 8.42 Å². The number of ether oxygens (including phenoxy) is 5. The molecule has 8 nitrogen and oxygen atoms in total. The van der Waals surface area contributed by atoms with Gasteiger partial charge in [0, 0.05) is 32.5 Å². The third-order valence-electron chi connectivity index (χ3n) is 6.09. The van der Waals surface area contributed by atoms with Crippen LogP contribution in [0.15, 0.2) is 82.1 Å². The highest BCUT2D eigenvalue weighted by molar-refractivity contribution is 7.90. The molecule has 3 aromatic rings. The second-order valence-corrected chi connectivity index (χ2v) is 9.50. The zero-order valence-electron chi connectivity index (χ0n) is 20.1. The SMILES string of the molecule is CO/C(=N/S(=O)(=O)c1ccc(C)cc1)C(OC)(OC)C1(OC)c2ccccc2Oc2ccccc21. The number of hydrogen-bond acceptors (Lipinski definition) is 7. The van der Waals surface area contributed by atoms with Gasteiger partial charge in [-0.1, -0.05) is 54.1 Å². The monoisotopic (exact) mass is 497 g/mol. The van der Waals surface area contributed by atoms with Gasteiger partial charge in [0.1, 0.15) is 11.5 Å². The smallest absolute Gasteiger partial charge is 0.286 e. The predicted molar refractivity (Wildman–Crippen MR) is 130 cm³/mol. The fourth-order valence-corrected chi connectivity index (χ4v) is 5.46. The zero-order valence-corrected chi connectivity index (χ0v) is 21.0. The lowest BCUT2D eigenvalue weighted by molar-refractivity contribution is -0.266. The van der Waals surface area contributed by atoms with E-state index in [1.165, 1.54) is 40.6 Å². The van der Waals surface area contributed by atoms with E-state index in [0.29, 0.717) is 22.6 Å². The van der Waals surface area contributed by atoms with Gasteiger partial charge in [-0.3, -0.25) is 0 Å². The molecule has 0 fully saturated rings. The molecule has 0 aliphatic carbocycles. The molecule has 3 aromatic carbocycles. The van der Waals surface area contributed by atoms with Gasteiger partial charge in [-0.25, -0.2) is 0 Å². The summed E-state index contributed by atoms with van der Waals surface area (Å²) in [5.74, 6) is -1.34. The van der Waals surface area contributed by atoms with Gasteiger partial charge in [0.2, 0.25) is 0 Å². The van der Waals surface area contributed by atoms with Gasteiger partial charge in [0.15, 0.2) is 5.60 Å². The maximum absolute atomic E-state index is 13.3. The Kier molecular flexibility index (Phi) is 6.70. The Morgan fingerprint density at radius 2 is 1.34 bits per heavy atom. The van der Waals surface area contributed by atoms with E-state index >= 15 is 0 Å². The Morgan fingerprint density at radius 1 is 0.829 bits per heavy atom. The molecule has 1 aliphatic rings. The maximum atomic E-state index is 13.3. The Labute approximate surface area is 205 Å². The number of methoxy groups -OCH3 is 4. The molecular weight excluding hydrogens is 470 g/mol. The highest BCUT2D eigenvalue weighted by atomic mass is 32.2. The summed E-state index contributed by atoms with van der Waals surface area (Å²) in [6.07, 6.45) is 0. The van der Waals surface area contributed by atoms with Crippen LogP contribution in [0.3, 0.4) is 0 Å². The number of fused-ring (bicyclic) bond motifs is 2. The summed E-state index contributed by atoms with van der Waals surface area (Å²) < 4.78 is 60.5. The Balaban J connectivity index is 2.04. The molecule has 0 bridgehead atoms. The lowest BCUT2D eigenvalue weighted by Gasteiger charge is -2.49. The average Bonchev–Trinajstić information content (AvgIpc) is 2.88. The number of sulfonamides is 1. The minimum absolute atomic E-state index is 0.00185. The normalized spacial score (nSPS) is 15.1. The van der Waals surface area contributed by atoms with E-state index in [1.54, 1.807) is 36.4 Å². The number of aryl methyl sites for hydroxylation is 1. The van der Waals surface area contributed by atoms with Crippen molar-refractivity contribution in [1.29, 1.82) is 0 Å². The van der Waals surface area contributed by atoms with Gasteiger partial charge in [-0.2, -0.15) is 8.42 Å². The second-order valence-electron chi connectivity index (χ2n) is 7.89. The number of nitrogens with zero attached hydrogens (tertiary/aromatic N) is 1. The molecule has 1 heterocycles. The number of rotatable bonds is 7. The van der Waals surface area contributed by atoms with Gasteiger partial charge in [0.05, 0.1) is 12.0 Å². The van der Waals surface area contributed by atoms with Crippen LogP contribution in [0.4, 0.5) is 0 Å². The standard InChI is InChI=1S/C26H27NO7S/c1-18-14-16-19(17-15-18)35(28,29)27-24(30-2)26(32-4,33-5)25(31-3)20-10-6-8-12-22(20)34-23-13-9-7-11-21(23)25/h6-17H,1-5H3/b27-24+. The summed E-state index contributed by atoms with van der Waals surface area (Å²) in [5.41, 5.74) is 0.445. The van der Waals surface area contributed by atoms with Crippen molar-refractivity contribution in [2.24, 2.45) is 4.40 Å². The molecule has 1 aliphatic heterocycles. The Bertz CT molecular complexity index is 1300. The van der Waals surface area contributed by atoms with Crippen LogP contribution in [0.2, 0.25) is 0 Å². The molecule has 184 valence electrons. The third kappa shape index (κ3) is 3.81. The first-order chi connectivity index (χ1) is 16.8. The number of hydrogen-bond donors (Lipinski definition) is 0. The van der Waals surface area contributed by atoms with Crippen molar-refractivity contribution in [3.05, 3.63) is 89.5 Å². The highest BCUT2D eigenvalue weighted by Gasteiger charge is 2.64. The molecule has 9 heteroatoms. The quantitative estimate of drug-likeness (QED) is 0.271. The molecule has 4 rings (SSSR count). The summed E-state index contributed by atoms with van der Waals surface area (Å²) in [5, 5.41) is 0. The summed E-state index contributed by atoms with van der Waals surface area (Å²) in [7, 11) is 1.32. The van der Waals surface area contributed by atoms with Gasteiger partial charge in [-0.15, -0.1) is 4.40 Å². The fraction of sp³-hybridized carbons (Fsp3) is 0.269. The van der Waals surface area contributed by atoms with Crippen molar-refractivity contribution in [1.82, 2.24) is 0 Å². The molecule has 0 unspecified atom stereocenters. The predicted octanol–water partition coefficient (Wildman–Crippen LogP) is 4.41. The van der Waals surface area contributed by atoms with Crippen LogP contribution in [0.1, 0.15) is 16.7 Å². The van der Waals surface area contributed by atoms with E-state index in [2.05, 4.69) is 4.40 Å². The van der Waals surface area contributed by atoms with Crippen molar-refractivity contribution in [3.8, 4) is 11.5 Å². The van der Waals surface area contributed by atoms with Crippen LogP contribution in [0.5, 0.6) is 11.5 Å². The topological polar surface area (TPSA) is 92.7 Å². The van der Waals surface area contributed by atoms with Crippen molar-refractivity contribution in [2.45, 2.75) is 23.2 Å². The van der Waals surface area contributed by atoms with Crippen LogP contribution in [0.25, 0.3) is 0 Å². The van der Waals surface area contributed by atoms with E-state index in [4.69, 9.17) is 23.7 Å². The average molecular weight is 498 g/mol. The number of benzene rings is 3. The van der Waals surface area contributed by atoms with E-state index < -0.39 is 21.4 Å². The van der Waals surface area contributed by atoms with Crippen LogP contribution in [0, 0.1) is 6.92 Å². The minimum Gasteiger partial charge on any atom is -0.480 e.